The molecule has 0 aliphatic carbocycles. The number of carbonyl (C=O) groups is 1. The molecular formula is C21H30N6O. The molecule has 3 saturated heterocycles. The van der Waals surface area contributed by atoms with Crippen LogP contribution in [0.2, 0.25) is 0 Å². The smallest absolute Gasteiger partial charge is 0.272 e. The number of piperidine rings is 1. The molecule has 3 fully saturated rings. The number of hydrogen-bond donors (Lipinski definition) is 2. The SMILES string of the molecule is Cn1nc(C(=O)N[C@@H]2C[C@H]3CC[C@@H](C2)N3)c2ccc(N3CCCCCC3)nc21. The van der Waals surface area contributed by atoms with Crippen molar-refractivity contribution in [3.8, 4) is 0 Å². The Labute approximate surface area is 165 Å². The molecule has 3 aliphatic heterocycles. The lowest BCUT2D eigenvalue weighted by molar-refractivity contribution is 0.0919. The summed E-state index contributed by atoms with van der Waals surface area (Å²) in [5.41, 5.74) is 1.29. The molecule has 0 saturated carbocycles. The molecule has 2 aromatic heterocycles. The van der Waals surface area contributed by atoms with E-state index in [2.05, 4.69) is 26.7 Å². The molecule has 2 bridgehead atoms. The number of rotatable bonds is 3. The van der Waals surface area contributed by atoms with Gasteiger partial charge in [0.05, 0.1) is 5.39 Å². The normalized spacial score (nSPS) is 27.8. The van der Waals surface area contributed by atoms with Crippen LogP contribution in [0.1, 0.15) is 61.9 Å². The minimum Gasteiger partial charge on any atom is -0.357 e. The number of pyridine rings is 1. The van der Waals surface area contributed by atoms with Gasteiger partial charge >= 0.3 is 0 Å². The van der Waals surface area contributed by atoms with Gasteiger partial charge < -0.3 is 15.5 Å². The number of nitrogens with one attached hydrogen (secondary N) is 2. The Hall–Kier alpha value is -2.15. The number of aromatic nitrogens is 3. The van der Waals surface area contributed by atoms with E-state index in [1.165, 1.54) is 38.5 Å². The summed E-state index contributed by atoms with van der Waals surface area (Å²) in [6.07, 6.45) is 9.53. The van der Waals surface area contributed by atoms with E-state index >= 15 is 0 Å². The highest BCUT2D eigenvalue weighted by Crippen LogP contribution is 2.28. The van der Waals surface area contributed by atoms with Crippen molar-refractivity contribution in [2.24, 2.45) is 7.05 Å². The van der Waals surface area contributed by atoms with Gasteiger partial charge in [-0.15, -0.1) is 0 Å². The summed E-state index contributed by atoms with van der Waals surface area (Å²) in [7, 11) is 1.88. The van der Waals surface area contributed by atoms with Crippen LogP contribution in [0.15, 0.2) is 12.1 Å². The van der Waals surface area contributed by atoms with E-state index in [1.54, 1.807) is 4.68 Å². The first-order valence-corrected chi connectivity index (χ1v) is 10.8. The fourth-order valence-corrected chi connectivity index (χ4v) is 5.19. The molecule has 2 aromatic rings. The maximum absolute atomic E-state index is 13.0. The molecule has 5 rings (SSSR count). The molecule has 7 heteroatoms. The summed E-state index contributed by atoms with van der Waals surface area (Å²) in [5.74, 6) is 0.931. The number of hydrogen-bond acceptors (Lipinski definition) is 5. The highest BCUT2D eigenvalue weighted by Gasteiger charge is 2.34. The van der Waals surface area contributed by atoms with E-state index in [0.29, 0.717) is 17.8 Å². The fourth-order valence-electron chi connectivity index (χ4n) is 5.19. The highest BCUT2D eigenvalue weighted by atomic mass is 16.2. The van der Waals surface area contributed by atoms with Crippen molar-refractivity contribution < 1.29 is 4.79 Å². The third-order valence-corrected chi connectivity index (χ3v) is 6.63. The number of anilines is 1. The predicted octanol–water partition coefficient (Wildman–Crippen LogP) is 2.36. The summed E-state index contributed by atoms with van der Waals surface area (Å²) in [6, 6.07) is 5.44. The average Bonchev–Trinajstić information content (AvgIpc) is 3.07. The van der Waals surface area contributed by atoms with Crippen LogP contribution in [0.3, 0.4) is 0 Å². The molecule has 7 nitrogen and oxygen atoms in total. The lowest BCUT2D eigenvalue weighted by atomic mass is 9.99. The minimum absolute atomic E-state index is 0.0683. The van der Waals surface area contributed by atoms with Gasteiger partial charge in [-0.25, -0.2) is 9.67 Å². The average molecular weight is 383 g/mol. The summed E-state index contributed by atoms with van der Waals surface area (Å²) in [6.45, 7) is 2.11. The zero-order valence-electron chi connectivity index (χ0n) is 16.7. The molecular weight excluding hydrogens is 352 g/mol. The van der Waals surface area contributed by atoms with Crippen molar-refractivity contribution in [1.82, 2.24) is 25.4 Å². The van der Waals surface area contributed by atoms with E-state index in [1.807, 2.05) is 13.1 Å². The largest absolute Gasteiger partial charge is 0.357 e. The lowest BCUT2D eigenvalue weighted by Crippen LogP contribution is -2.48. The van der Waals surface area contributed by atoms with E-state index in [0.717, 1.165) is 42.8 Å². The Morgan fingerprint density at radius 2 is 1.82 bits per heavy atom. The number of amides is 1. The fraction of sp³-hybridized carbons (Fsp3) is 0.667. The number of aryl methyl sites for hydroxylation is 1. The summed E-state index contributed by atoms with van der Waals surface area (Å²) >= 11 is 0. The van der Waals surface area contributed by atoms with Crippen molar-refractivity contribution in [2.45, 2.75) is 69.5 Å². The topological polar surface area (TPSA) is 75.1 Å². The molecule has 0 aromatic carbocycles. The first kappa shape index (κ1) is 17.9. The standard InChI is InChI=1S/C21H30N6O/c1-26-20-17(8-9-18(24-20)27-10-4-2-3-5-11-27)19(25-26)21(28)23-16-12-14-6-7-15(13-16)22-14/h8-9,14-16,22H,2-7,10-13H2,1H3,(H,23,28)/t14-,15+,16-. The van der Waals surface area contributed by atoms with Crippen LogP contribution >= 0.6 is 0 Å². The molecule has 3 atom stereocenters. The van der Waals surface area contributed by atoms with E-state index in [9.17, 15) is 4.79 Å². The lowest BCUT2D eigenvalue weighted by Gasteiger charge is -2.29. The second-order valence-corrected chi connectivity index (χ2v) is 8.69. The second-order valence-electron chi connectivity index (χ2n) is 8.69. The molecule has 0 unspecified atom stereocenters. The van der Waals surface area contributed by atoms with Crippen LogP contribution < -0.4 is 15.5 Å². The first-order valence-electron chi connectivity index (χ1n) is 10.8. The van der Waals surface area contributed by atoms with Gasteiger partial charge in [-0.1, -0.05) is 12.8 Å². The predicted molar refractivity (Wildman–Crippen MR) is 110 cm³/mol. The Morgan fingerprint density at radius 3 is 2.54 bits per heavy atom. The number of nitrogens with zero attached hydrogens (tertiary/aromatic N) is 4. The van der Waals surface area contributed by atoms with Gasteiger partial charge in [0.25, 0.3) is 5.91 Å². The van der Waals surface area contributed by atoms with Gasteiger partial charge in [-0.3, -0.25) is 4.79 Å². The molecule has 28 heavy (non-hydrogen) atoms. The van der Waals surface area contributed by atoms with Crippen LogP contribution in [-0.4, -0.2) is 51.9 Å². The summed E-state index contributed by atoms with van der Waals surface area (Å²) < 4.78 is 1.75. The minimum atomic E-state index is -0.0683. The maximum Gasteiger partial charge on any atom is 0.272 e. The summed E-state index contributed by atoms with van der Waals surface area (Å²) in [4.78, 5) is 20.2. The second kappa shape index (κ2) is 7.35. The molecule has 150 valence electrons. The van der Waals surface area contributed by atoms with Crippen molar-refractivity contribution in [3.63, 3.8) is 0 Å². The van der Waals surface area contributed by atoms with Gasteiger partial charge in [0.15, 0.2) is 11.3 Å². The van der Waals surface area contributed by atoms with Crippen LogP contribution in [0.25, 0.3) is 11.0 Å². The molecule has 0 radical (unpaired) electrons. The molecule has 0 spiro atoms. The monoisotopic (exact) mass is 382 g/mol. The van der Waals surface area contributed by atoms with Gasteiger partial charge in [0, 0.05) is 38.3 Å². The molecule has 1 amide bonds. The van der Waals surface area contributed by atoms with Crippen molar-refractivity contribution in [3.05, 3.63) is 17.8 Å². The zero-order chi connectivity index (χ0) is 19.1. The van der Waals surface area contributed by atoms with Crippen LogP contribution in [0.5, 0.6) is 0 Å². The van der Waals surface area contributed by atoms with Crippen LogP contribution in [-0.2, 0) is 7.05 Å². The van der Waals surface area contributed by atoms with Crippen LogP contribution in [0.4, 0.5) is 5.82 Å². The van der Waals surface area contributed by atoms with Gasteiger partial charge in [-0.05, 0) is 50.7 Å². The first-order chi connectivity index (χ1) is 13.7. The third kappa shape index (κ3) is 3.36. The molecule has 3 aliphatic rings. The van der Waals surface area contributed by atoms with Crippen molar-refractivity contribution in [2.75, 3.05) is 18.0 Å². The molecule has 5 heterocycles. The van der Waals surface area contributed by atoms with Crippen LogP contribution in [0, 0.1) is 0 Å². The summed E-state index contributed by atoms with van der Waals surface area (Å²) in [5, 5.41) is 12.2. The molecule has 2 N–H and O–H groups in total. The maximum atomic E-state index is 13.0. The van der Waals surface area contributed by atoms with Crippen molar-refractivity contribution in [1.29, 1.82) is 0 Å². The third-order valence-electron chi connectivity index (χ3n) is 6.63. The zero-order valence-corrected chi connectivity index (χ0v) is 16.7. The van der Waals surface area contributed by atoms with E-state index in [4.69, 9.17) is 4.98 Å². The Balaban J connectivity index is 1.37. The van der Waals surface area contributed by atoms with Gasteiger partial charge in [0.2, 0.25) is 0 Å². The van der Waals surface area contributed by atoms with Gasteiger partial charge in [-0.2, -0.15) is 5.10 Å². The van der Waals surface area contributed by atoms with Crippen molar-refractivity contribution >= 4 is 22.8 Å². The quantitative estimate of drug-likeness (QED) is 0.852. The van der Waals surface area contributed by atoms with Gasteiger partial charge in [0.1, 0.15) is 5.82 Å². The number of carbonyl (C=O) groups excluding carboxylic acids is 1. The Bertz CT molecular complexity index is 857. The van der Waals surface area contributed by atoms with E-state index < -0.39 is 0 Å². The number of fused-ring (bicyclic) bond motifs is 3. The Kier molecular flexibility index (Phi) is 4.70. The van der Waals surface area contributed by atoms with E-state index in [-0.39, 0.29) is 11.9 Å². The highest BCUT2D eigenvalue weighted by molar-refractivity contribution is 6.04. The Morgan fingerprint density at radius 1 is 1.11 bits per heavy atom.